The highest BCUT2D eigenvalue weighted by molar-refractivity contribution is 5.41. The van der Waals surface area contributed by atoms with Crippen molar-refractivity contribution in [2.45, 2.75) is 32.1 Å². The van der Waals surface area contributed by atoms with Gasteiger partial charge in [0.2, 0.25) is 11.0 Å². The maximum Gasteiger partial charge on any atom is 0.269 e. The number of fused-ring (bicyclic) bond motifs is 1. The largest absolute Gasteiger partial charge is 1.00 e. The van der Waals surface area contributed by atoms with Crippen LogP contribution in [-0.4, -0.2) is 4.92 Å². The minimum atomic E-state index is -0.374. The molecule has 0 atom stereocenters. The van der Waals surface area contributed by atoms with Crippen LogP contribution >= 0.6 is 0 Å². The van der Waals surface area contributed by atoms with E-state index in [1.165, 1.54) is 60.7 Å². The van der Waals surface area contributed by atoms with Crippen LogP contribution in [0, 0.1) is 10.1 Å². The molecule has 3 rings (SSSR count). The zero-order valence-corrected chi connectivity index (χ0v) is 12.1. The van der Waals surface area contributed by atoms with Crippen LogP contribution < -0.4 is 27.3 Å². The van der Waals surface area contributed by atoms with E-state index in [9.17, 15) is 10.1 Å². The Hall–Kier alpha value is -1.49. The van der Waals surface area contributed by atoms with E-state index < -0.39 is 0 Å². The second-order valence-electron chi connectivity index (χ2n) is 4.82. The second kappa shape index (κ2) is 5.65. The van der Waals surface area contributed by atoms with Gasteiger partial charge in [-0.1, -0.05) is 6.42 Å². The third-order valence-corrected chi connectivity index (χ3v) is 3.61. The van der Waals surface area contributed by atoms with Gasteiger partial charge in [0, 0.05) is 35.4 Å². The molecule has 4 nitrogen and oxygen atoms in total. The van der Waals surface area contributed by atoms with Crippen molar-refractivity contribution in [3.63, 3.8) is 0 Å². The van der Waals surface area contributed by atoms with Gasteiger partial charge >= 0.3 is 0 Å². The fourth-order valence-corrected chi connectivity index (χ4v) is 2.56. The summed E-state index contributed by atoms with van der Waals surface area (Å²) in [4.78, 5) is 13.6. The number of halogens is 1. The van der Waals surface area contributed by atoms with E-state index in [0.717, 1.165) is 5.69 Å². The van der Waals surface area contributed by atoms with E-state index in [1.54, 1.807) is 12.1 Å². The topological polar surface area (TPSA) is 57.1 Å². The van der Waals surface area contributed by atoms with Crippen molar-refractivity contribution in [2.75, 3.05) is 0 Å². The van der Waals surface area contributed by atoms with Crippen LogP contribution in [0.2, 0.25) is 0 Å². The Morgan fingerprint density at radius 3 is 2.11 bits per heavy atom. The first kappa shape index (κ1) is 13.9. The molecule has 19 heavy (non-hydrogen) atoms. The molecule has 1 aliphatic carbocycles. The molecule has 0 saturated carbocycles. The molecule has 0 heterocycles. The normalized spacial score (nSPS) is 14.3. The molecule has 0 saturated heterocycles. The molecule has 1 N–H and O–H groups in total. The average Bonchev–Trinajstić information content (AvgIpc) is 3.06. The minimum Gasteiger partial charge on any atom is -1.00 e. The summed E-state index contributed by atoms with van der Waals surface area (Å²) >= 11 is 0. The van der Waals surface area contributed by atoms with E-state index >= 15 is 0 Å². The molecular weight excluding hydrogens is 308 g/mol. The van der Waals surface area contributed by atoms with Crippen LogP contribution in [0.1, 0.15) is 30.4 Å². The number of non-ortho nitro benzene ring substituents is 1. The third-order valence-electron chi connectivity index (χ3n) is 3.61. The first-order valence-corrected chi connectivity index (χ1v) is 6.37. The Kier molecular flexibility index (Phi) is 4.14. The number of nitro groups is 1. The Bertz CT molecular complexity index is 588. The van der Waals surface area contributed by atoms with Crippen molar-refractivity contribution < 1.29 is 26.9 Å². The lowest BCUT2D eigenvalue weighted by molar-refractivity contribution is -0.400. The Morgan fingerprint density at radius 2 is 1.58 bits per heavy atom. The molecule has 1 aliphatic rings. The van der Waals surface area contributed by atoms with Crippen molar-refractivity contribution in [2.24, 2.45) is 0 Å². The number of hydrogen-bond donors (Lipinski definition) is 1. The predicted molar refractivity (Wildman–Crippen MR) is 66.9 cm³/mol. The number of nitrogens with zero attached hydrogens (tertiary/aromatic N) is 1. The van der Waals surface area contributed by atoms with Gasteiger partial charge in [-0.15, -0.1) is 0 Å². The lowest BCUT2D eigenvalue weighted by atomic mass is 10.2. The van der Waals surface area contributed by atoms with Gasteiger partial charge in [-0.2, -0.15) is 0 Å². The summed E-state index contributed by atoms with van der Waals surface area (Å²) < 4.78 is 0. The quantitative estimate of drug-likeness (QED) is 0.397. The van der Waals surface area contributed by atoms with Crippen molar-refractivity contribution in [1.82, 2.24) is 0 Å². The van der Waals surface area contributed by atoms with Gasteiger partial charge in [0.05, 0.1) is 4.92 Å². The van der Waals surface area contributed by atoms with Crippen LogP contribution in [0.5, 0.6) is 0 Å². The summed E-state index contributed by atoms with van der Waals surface area (Å²) in [5, 5.41) is 11.8. The first-order chi connectivity index (χ1) is 8.75. The first-order valence-electron chi connectivity index (χ1n) is 6.37. The van der Waals surface area contributed by atoms with E-state index in [0.29, 0.717) is 0 Å². The summed E-state index contributed by atoms with van der Waals surface area (Å²) in [6.45, 7) is 0. The molecule has 0 fully saturated rings. The smallest absolute Gasteiger partial charge is 0.269 e. The number of rotatable bonds is 2. The van der Waals surface area contributed by atoms with E-state index in [-0.39, 0.29) is 27.6 Å². The highest BCUT2D eigenvalue weighted by Crippen LogP contribution is 2.20. The van der Waals surface area contributed by atoms with E-state index in [4.69, 9.17) is 0 Å². The van der Waals surface area contributed by atoms with Crippen molar-refractivity contribution in [1.29, 1.82) is 0 Å². The van der Waals surface area contributed by atoms with Gasteiger partial charge in [0.15, 0.2) is 0 Å². The molecule has 0 aliphatic heterocycles. The summed E-state index contributed by atoms with van der Waals surface area (Å²) in [5.41, 5.74) is 4.05. The second-order valence-corrected chi connectivity index (χ2v) is 4.82. The zero-order chi connectivity index (χ0) is 12.5. The molecule has 100 valence electrons. The van der Waals surface area contributed by atoms with Gasteiger partial charge in [-0.3, -0.25) is 10.1 Å². The molecule has 0 radical (unpaired) electrons. The number of hydrogen-bond acceptors (Lipinski definition) is 2. The monoisotopic (exact) mass is 322 g/mol. The number of benzene rings is 1. The van der Waals surface area contributed by atoms with E-state index in [1.807, 2.05) is 0 Å². The van der Waals surface area contributed by atoms with Gasteiger partial charge in [0.1, 0.15) is 0 Å². The standard InChI is InChI=1S/C14H14N2O2.BrH/c17-16(18)11-8-6-10(7-9-11)15-14-12-4-2-1-3-5-13(12)14;/h6-9H,1-5H2;1H. The predicted octanol–water partition coefficient (Wildman–Crippen LogP) is -1.94. The molecular formula is C14H15BrN2O2. The highest BCUT2D eigenvalue weighted by atomic mass is 79.9. The maximum atomic E-state index is 10.6. The minimum absolute atomic E-state index is 0. The zero-order valence-electron chi connectivity index (χ0n) is 10.5. The lowest BCUT2D eigenvalue weighted by Crippen LogP contribution is -3.00. The van der Waals surface area contributed by atoms with Crippen LogP contribution in [-0.2, 0) is 12.8 Å². The third kappa shape index (κ3) is 2.92. The van der Waals surface area contributed by atoms with Crippen LogP contribution in [0.15, 0.2) is 24.3 Å². The summed E-state index contributed by atoms with van der Waals surface area (Å²) in [5.74, 6) is 0. The molecule has 0 aromatic heterocycles. The Labute approximate surface area is 121 Å². The SMILES string of the molecule is O=[N+]([O-])c1ccc([NH+]=c2c3c2CCCCC3)cc1.[Br-]. The lowest BCUT2D eigenvalue weighted by Gasteiger charge is -1.90. The highest BCUT2D eigenvalue weighted by Gasteiger charge is 2.26. The molecule has 2 aromatic rings. The van der Waals surface area contributed by atoms with Gasteiger partial charge in [-0.05, 0) is 25.7 Å². The summed E-state index contributed by atoms with van der Waals surface area (Å²) in [6, 6.07) is 6.61. The Balaban J connectivity index is 0.00000133. The number of nitro benzene ring substituents is 1. The summed E-state index contributed by atoms with van der Waals surface area (Å²) in [6.07, 6.45) is 6.27. The number of nitrogens with one attached hydrogen (secondary N) is 1. The van der Waals surface area contributed by atoms with Crippen LogP contribution in [0.4, 0.5) is 11.4 Å². The van der Waals surface area contributed by atoms with Crippen molar-refractivity contribution in [3.05, 3.63) is 50.9 Å². The molecule has 0 unspecified atom stereocenters. The fourth-order valence-electron chi connectivity index (χ4n) is 2.56. The summed E-state index contributed by atoms with van der Waals surface area (Å²) in [7, 11) is 0. The van der Waals surface area contributed by atoms with Crippen LogP contribution in [0.3, 0.4) is 0 Å². The molecule has 0 bridgehead atoms. The maximum absolute atomic E-state index is 10.6. The molecule has 5 heteroatoms. The van der Waals surface area contributed by atoms with Gasteiger partial charge in [0.25, 0.3) is 5.69 Å². The van der Waals surface area contributed by atoms with Crippen molar-refractivity contribution in [3.8, 4) is 0 Å². The molecule has 0 amide bonds. The average molecular weight is 323 g/mol. The van der Waals surface area contributed by atoms with Crippen LogP contribution in [0.25, 0.3) is 0 Å². The molecule has 0 spiro atoms. The van der Waals surface area contributed by atoms with E-state index in [2.05, 4.69) is 4.99 Å². The van der Waals surface area contributed by atoms with Gasteiger partial charge < -0.3 is 17.0 Å². The fraction of sp³-hybridized carbons (Fsp3) is 0.357. The van der Waals surface area contributed by atoms with Crippen molar-refractivity contribution >= 4 is 11.4 Å². The molecule has 2 aromatic carbocycles. The Morgan fingerprint density at radius 1 is 1.00 bits per heavy atom. The van der Waals surface area contributed by atoms with Gasteiger partial charge in [-0.25, -0.2) is 4.99 Å².